The Bertz CT molecular complexity index is 375. The highest BCUT2D eigenvalue weighted by molar-refractivity contribution is 7.85. The van der Waals surface area contributed by atoms with Crippen LogP contribution in [0.2, 0.25) is 0 Å². The molecule has 0 aliphatic rings. The van der Waals surface area contributed by atoms with Gasteiger partial charge in [-0.15, -0.1) is 0 Å². The topological polar surface area (TPSA) is 89.4 Å². The summed E-state index contributed by atoms with van der Waals surface area (Å²) in [6.07, 6.45) is 2.40. The number of nitrogens with zero attached hydrogens (tertiary/aromatic N) is 2. The molecule has 0 radical (unpaired) electrons. The monoisotopic (exact) mass is 190 g/mol. The van der Waals surface area contributed by atoms with Crippen LogP contribution in [0.3, 0.4) is 0 Å². The predicted molar refractivity (Wildman–Crippen MR) is 38.4 cm³/mol. The van der Waals surface area contributed by atoms with Gasteiger partial charge in [0.2, 0.25) is 5.03 Å². The summed E-state index contributed by atoms with van der Waals surface area (Å²) in [4.78, 5) is 6.94. The third-order valence-electron chi connectivity index (χ3n) is 1.07. The molecular formula is C5H6N2O4S. The summed E-state index contributed by atoms with van der Waals surface area (Å²) in [5, 5.41) is -0.576. The Morgan fingerprint density at radius 3 is 2.42 bits per heavy atom. The van der Waals surface area contributed by atoms with Crippen molar-refractivity contribution in [3.05, 3.63) is 12.4 Å². The number of rotatable bonds is 2. The van der Waals surface area contributed by atoms with Crippen LogP contribution < -0.4 is 4.74 Å². The van der Waals surface area contributed by atoms with Gasteiger partial charge in [0.25, 0.3) is 5.88 Å². The van der Waals surface area contributed by atoms with Gasteiger partial charge in [-0.25, -0.2) is 9.97 Å². The van der Waals surface area contributed by atoms with Gasteiger partial charge in [-0.2, -0.15) is 8.42 Å². The first-order chi connectivity index (χ1) is 5.55. The second-order valence-corrected chi connectivity index (χ2v) is 3.18. The van der Waals surface area contributed by atoms with Crippen molar-refractivity contribution < 1.29 is 17.7 Å². The fourth-order valence-corrected chi connectivity index (χ4v) is 1.18. The highest BCUT2D eigenvalue weighted by Gasteiger charge is 2.18. The zero-order valence-corrected chi connectivity index (χ0v) is 6.95. The van der Waals surface area contributed by atoms with Crippen molar-refractivity contribution in [2.45, 2.75) is 5.03 Å². The van der Waals surface area contributed by atoms with Crippen molar-refractivity contribution >= 4 is 10.1 Å². The molecular weight excluding hydrogens is 184 g/mol. The first-order valence-electron chi connectivity index (χ1n) is 2.88. The SMILES string of the molecule is COc1nccnc1S(=O)(=O)O. The molecule has 0 amide bonds. The Hall–Kier alpha value is -1.21. The van der Waals surface area contributed by atoms with Gasteiger partial charge in [0.05, 0.1) is 7.11 Å². The maximum Gasteiger partial charge on any atom is 0.317 e. The molecule has 12 heavy (non-hydrogen) atoms. The van der Waals surface area contributed by atoms with Crippen LogP contribution >= 0.6 is 0 Å². The molecule has 0 aliphatic heterocycles. The summed E-state index contributed by atoms with van der Waals surface area (Å²) < 4.78 is 34.3. The summed E-state index contributed by atoms with van der Waals surface area (Å²) >= 11 is 0. The first kappa shape index (κ1) is 8.88. The lowest BCUT2D eigenvalue weighted by Gasteiger charge is -2.00. The Kier molecular flexibility index (Phi) is 2.25. The van der Waals surface area contributed by atoms with E-state index >= 15 is 0 Å². The fraction of sp³-hybridized carbons (Fsp3) is 0.200. The molecule has 1 heterocycles. The summed E-state index contributed by atoms with van der Waals surface area (Å²) in [5.74, 6) is -0.222. The Morgan fingerprint density at radius 1 is 1.42 bits per heavy atom. The summed E-state index contributed by atoms with van der Waals surface area (Å²) in [5.41, 5.74) is 0. The molecule has 7 heteroatoms. The lowest BCUT2D eigenvalue weighted by Crippen LogP contribution is -2.05. The lowest BCUT2D eigenvalue weighted by molar-refractivity contribution is 0.375. The minimum atomic E-state index is -4.34. The molecule has 1 aromatic heterocycles. The van der Waals surface area contributed by atoms with Crippen molar-refractivity contribution in [1.29, 1.82) is 0 Å². The number of hydrogen-bond donors (Lipinski definition) is 1. The molecule has 0 spiro atoms. The van der Waals surface area contributed by atoms with Gasteiger partial charge in [0.15, 0.2) is 0 Å². The minimum Gasteiger partial charge on any atom is -0.479 e. The van der Waals surface area contributed by atoms with Crippen molar-refractivity contribution in [2.75, 3.05) is 7.11 Å². The summed E-state index contributed by atoms with van der Waals surface area (Å²) in [6, 6.07) is 0. The van der Waals surface area contributed by atoms with E-state index in [1.807, 2.05) is 0 Å². The third kappa shape index (κ3) is 1.69. The van der Waals surface area contributed by atoms with Crippen molar-refractivity contribution in [1.82, 2.24) is 9.97 Å². The van der Waals surface area contributed by atoms with E-state index in [0.29, 0.717) is 0 Å². The van der Waals surface area contributed by atoms with Crippen molar-refractivity contribution in [3.8, 4) is 5.88 Å². The molecule has 1 rings (SSSR count). The van der Waals surface area contributed by atoms with E-state index in [4.69, 9.17) is 4.55 Å². The molecule has 0 aliphatic carbocycles. The molecule has 0 fully saturated rings. The van der Waals surface area contributed by atoms with E-state index in [0.717, 1.165) is 6.20 Å². The standard InChI is InChI=1S/C5H6N2O4S/c1-11-4-5(12(8,9)10)7-3-2-6-4/h2-3H,1H3,(H,8,9,10). The fourth-order valence-electron chi connectivity index (χ4n) is 0.629. The van der Waals surface area contributed by atoms with E-state index in [1.54, 1.807) is 0 Å². The molecule has 0 saturated carbocycles. The average molecular weight is 190 g/mol. The van der Waals surface area contributed by atoms with Crippen LogP contribution in [0.15, 0.2) is 17.4 Å². The lowest BCUT2D eigenvalue weighted by atomic mass is 10.7. The molecule has 6 nitrogen and oxygen atoms in total. The zero-order valence-electron chi connectivity index (χ0n) is 6.13. The summed E-state index contributed by atoms with van der Waals surface area (Å²) in [7, 11) is -3.11. The first-order valence-corrected chi connectivity index (χ1v) is 4.32. The average Bonchev–Trinajstić information content (AvgIpc) is 2.03. The van der Waals surface area contributed by atoms with Crippen LogP contribution in [0.4, 0.5) is 0 Å². The van der Waals surface area contributed by atoms with Crippen LogP contribution in [0.1, 0.15) is 0 Å². The maximum absolute atomic E-state index is 10.6. The van der Waals surface area contributed by atoms with Crippen LogP contribution in [0.25, 0.3) is 0 Å². The zero-order chi connectivity index (χ0) is 9.19. The van der Waals surface area contributed by atoms with Gasteiger partial charge < -0.3 is 4.74 Å². The molecule has 0 bridgehead atoms. The van der Waals surface area contributed by atoms with Crippen LogP contribution in [-0.4, -0.2) is 30.0 Å². The van der Waals surface area contributed by atoms with Gasteiger partial charge in [0.1, 0.15) is 0 Å². The Morgan fingerprint density at radius 2 is 2.00 bits per heavy atom. The van der Waals surface area contributed by atoms with E-state index in [-0.39, 0.29) is 5.88 Å². The molecule has 0 aromatic carbocycles. The Labute approximate surface area is 69.0 Å². The second kappa shape index (κ2) is 3.03. The number of hydrogen-bond acceptors (Lipinski definition) is 5. The summed E-state index contributed by atoms with van der Waals surface area (Å²) in [6.45, 7) is 0. The van der Waals surface area contributed by atoms with Gasteiger partial charge in [-0.05, 0) is 0 Å². The predicted octanol–water partition coefficient (Wildman–Crippen LogP) is -0.268. The number of methoxy groups -OCH3 is 1. The van der Waals surface area contributed by atoms with E-state index < -0.39 is 15.1 Å². The molecule has 0 atom stereocenters. The van der Waals surface area contributed by atoms with Gasteiger partial charge in [-0.1, -0.05) is 0 Å². The minimum absolute atomic E-state index is 0.222. The highest BCUT2D eigenvalue weighted by atomic mass is 32.2. The van der Waals surface area contributed by atoms with Gasteiger partial charge in [-0.3, -0.25) is 4.55 Å². The van der Waals surface area contributed by atoms with E-state index in [2.05, 4.69) is 14.7 Å². The molecule has 66 valence electrons. The van der Waals surface area contributed by atoms with Crippen molar-refractivity contribution in [2.24, 2.45) is 0 Å². The highest BCUT2D eigenvalue weighted by Crippen LogP contribution is 2.15. The smallest absolute Gasteiger partial charge is 0.317 e. The van der Waals surface area contributed by atoms with Crippen LogP contribution in [0, 0.1) is 0 Å². The number of aromatic nitrogens is 2. The Balaban J connectivity index is 3.33. The third-order valence-corrected chi connectivity index (χ3v) is 1.84. The van der Waals surface area contributed by atoms with E-state index in [9.17, 15) is 8.42 Å². The van der Waals surface area contributed by atoms with Gasteiger partial charge in [0, 0.05) is 12.4 Å². The van der Waals surface area contributed by atoms with Gasteiger partial charge >= 0.3 is 10.1 Å². The largest absolute Gasteiger partial charge is 0.479 e. The quantitative estimate of drug-likeness (QED) is 0.646. The van der Waals surface area contributed by atoms with Crippen LogP contribution in [-0.2, 0) is 10.1 Å². The van der Waals surface area contributed by atoms with Crippen molar-refractivity contribution in [3.63, 3.8) is 0 Å². The molecule has 0 unspecified atom stereocenters. The second-order valence-electron chi connectivity index (χ2n) is 1.85. The molecule has 0 saturated heterocycles. The van der Waals surface area contributed by atoms with Crippen LogP contribution in [0.5, 0.6) is 5.88 Å². The molecule has 1 aromatic rings. The number of ether oxygens (including phenoxy) is 1. The maximum atomic E-state index is 10.6. The molecule has 1 N–H and O–H groups in total. The normalized spacial score (nSPS) is 11.2. The van der Waals surface area contributed by atoms with E-state index in [1.165, 1.54) is 13.3 Å².